The van der Waals surface area contributed by atoms with Crippen molar-refractivity contribution in [1.82, 2.24) is 10.0 Å². The number of carbonyl (C=O) groups is 2. The minimum Gasteiger partial charge on any atom is -0.497 e. The number of Topliss-reactive ketones (excluding diaryl/α,β-unsaturated/α-hetero) is 1. The van der Waals surface area contributed by atoms with Gasteiger partial charge in [0.2, 0.25) is 5.91 Å². The fraction of sp³-hybridized carbons (Fsp3) is 0.500. The molecule has 0 bridgehead atoms. The highest BCUT2D eigenvalue weighted by molar-refractivity contribution is 6.02. The first kappa shape index (κ1) is 17.7. The van der Waals surface area contributed by atoms with Crippen molar-refractivity contribution < 1.29 is 14.3 Å². The molecule has 0 saturated carbocycles. The predicted octanol–water partition coefficient (Wildman–Crippen LogP) is 3.13. The van der Waals surface area contributed by atoms with Crippen molar-refractivity contribution in [2.24, 2.45) is 5.41 Å². The van der Waals surface area contributed by atoms with Gasteiger partial charge in [-0.1, -0.05) is 26.0 Å². The molecule has 5 nitrogen and oxygen atoms in total. The number of benzene rings is 1. The van der Waals surface area contributed by atoms with Crippen molar-refractivity contribution in [3.05, 3.63) is 41.1 Å². The molecule has 1 aliphatic heterocycles. The van der Waals surface area contributed by atoms with Crippen LogP contribution in [0, 0.1) is 5.41 Å². The van der Waals surface area contributed by atoms with Crippen molar-refractivity contribution in [2.45, 2.75) is 39.0 Å². The maximum Gasteiger partial charge on any atom is 0.242 e. The molecule has 1 atom stereocenters. The van der Waals surface area contributed by atoms with Crippen LogP contribution >= 0.6 is 0 Å². The first-order chi connectivity index (χ1) is 11.7. The molecule has 0 aromatic heterocycles. The summed E-state index contributed by atoms with van der Waals surface area (Å²) in [5, 5.41) is 3.47. The number of hydrazine groups is 1. The Balaban J connectivity index is 2.15. The van der Waals surface area contributed by atoms with Gasteiger partial charge in [0.1, 0.15) is 5.75 Å². The second-order valence-electron chi connectivity index (χ2n) is 7.89. The molecule has 1 amide bonds. The van der Waals surface area contributed by atoms with Crippen LogP contribution in [0.25, 0.3) is 0 Å². The summed E-state index contributed by atoms with van der Waals surface area (Å²) in [6, 6.07) is 7.69. The molecular weight excluding hydrogens is 316 g/mol. The van der Waals surface area contributed by atoms with Gasteiger partial charge in [0.05, 0.1) is 7.11 Å². The maximum absolute atomic E-state index is 13.0. The number of allylic oxidation sites excluding steroid dienone is 2. The first-order valence-corrected chi connectivity index (χ1v) is 8.64. The summed E-state index contributed by atoms with van der Waals surface area (Å²) in [4.78, 5) is 25.9. The number of nitrogens with zero attached hydrogens (tertiary/aromatic N) is 2. The van der Waals surface area contributed by atoms with E-state index in [0.717, 1.165) is 29.0 Å². The summed E-state index contributed by atoms with van der Waals surface area (Å²) in [5.74, 6) is 0.726. The van der Waals surface area contributed by atoms with Crippen LogP contribution in [0.4, 0.5) is 0 Å². The predicted molar refractivity (Wildman–Crippen MR) is 95.9 cm³/mol. The van der Waals surface area contributed by atoms with E-state index in [1.54, 1.807) is 17.1 Å². The lowest BCUT2D eigenvalue weighted by atomic mass is 9.69. The highest BCUT2D eigenvalue weighted by atomic mass is 16.5. The fourth-order valence-electron chi connectivity index (χ4n) is 4.01. The van der Waals surface area contributed by atoms with E-state index in [-0.39, 0.29) is 23.0 Å². The summed E-state index contributed by atoms with van der Waals surface area (Å²) in [7, 11) is 5.32. The number of ether oxygens (including phenoxy) is 1. The molecule has 0 N–H and O–H groups in total. The Morgan fingerprint density at radius 1 is 1.20 bits per heavy atom. The smallest absolute Gasteiger partial charge is 0.242 e. The Morgan fingerprint density at radius 3 is 2.56 bits per heavy atom. The van der Waals surface area contributed by atoms with Crippen molar-refractivity contribution in [1.29, 1.82) is 0 Å². The molecule has 134 valence electrons. The molecule has 0 spiro atoms. The van der Waals surface area contributed by atoms with E-state index in [4.69, 9.17) is 4.74 Å². The van der Waals surface area contributed by atoms with E-state index in [1.807, 2.05) is 38.4 Å². The molecule has 1 heterocycles. The Bertz CT molecular complexity index is 749. The van der Waals surface area contributed by atoms with Gasteiger partial charge in [-0.15, -0.1) is 0 Å². The molecular formula is C20H26N2O3. The van der Waals surface area contributed by atoms with Crippen LogP contribution in [0.1, 0.15) is 44.6 Å². The SMILES string of the molecule is COc1cccc([C@@H]2CC(=O)N(N(C)C)C3=C2C(=O)CC(C)(C)C3)c1. The minimum absolute atomic E-state index is 0.0297. The quantitative estimate of drug-likeness (QED) is 0.847. The minimum atomic E-state index is -0.197. The number of ketones is 1. The number of amides is 1. The molecule has 1 aromatic rings. The molecule has 2 aliphatic rings. The van der Waals surface area contributed by atoms with Gasteiger partial charge in [-0.2, -0.15) is 0 Å². The Kier molecular flexibility index (Phi) is 4.45. The molecule has 0 radical (unpaired) electrons. The first-order valence-electron chi connectivity index (χ1n) is 8.64. The Hall–Kier alpha value is -2.14. The third-order valence-corrected chi connectivity index (χ3v) is 5.01. The van der Waals surface area contributed by atoms with Crippen LogP contribution in [0.5, 0.6) is 5.75 Å². The second kappa shape index (κ2) is 6.30. The monoisotopic (exact) mass is 342 g/mol. The number of methoxy groups -OCH3 is 1. The van der Waals surface area contributed by atoms with E-state index >= 15 is 0 Å². The number of hydrogen-bond donors (Lipinski definition) is 0. The second-order valence-corrected chi connectivity index (χ2v) is 7.89. The zero-order valence-electron chi connectivity index (χ0n) is 15.6. The molecule has 0 unspecified atom stereocenters. The van der Waals surface area contributed by atoms with E-state index in [0.29, 0.717) is 12.8 Å². The van der Waals surface area contributed by atoms with Gasteiger partial charge in [0.15, 0.2) is 5.78 Å². The van der Waals surface area contributed by atoms with Gasteiger partial charge in [-0.05, 0) is 29.5 Å². The van der Waals surface area contributed by atoms with Crippen molar-refractivity contribution in [3.8, 4) is 5.75 Å². The highest BCUT2D eigenvalue weighted by Gasteiger charge is 2.44. The number of rotatable bonds is 3. The van der Waals surface area contributed by atoms with Gasteiger partial charge in [0, 0.05) is 44.1 Å². The summed E-state index contributed by atoms with van der Waals surface area (Å²) in [6.45, 7) is 4.17. The zero-order valence-corrected chi connectivity index (χ0v) is 15.6. The van der Waals surface area contributed by atoms with Gasteiger partial charge in [-0.25, -0.2) is 10.0 Å². The van der Waals surface area contributed by atoms with Crippen LogP contribution in [-0.4, -0.2) is 42.9 Å². The standard InChI is InChI=1S/C20H26N2O3/c1-20(2)11-16-19(17(23)12-20)15(10-18(24)22(16)21(3)4)13-7-6-8-14(9-13)25-5/h6-9,15H,10-12H2,1-5H3/t15-/m0/s1. The molecule has 1 aromatic carbocycles. The van der Waals surface area contributed by atoms with Crippen molar-refractivity contribution in [2.75, 3.05) is 21.2 Å². The van der Waals surface area contributed by atoms with E-state index < -0.39 is 0 Å². The lowest BCUT2D eigenvalue weighted by Crippen LogP contribution is -2.49. The van der Waals surface area contributed by atoms with Crippen molar-refractivity contribution >= 4 is 11.7 Å². The van der Waals surface area contributed by atoms with Crippen LogP contribution in [0.15, 0.2) is 35.5 Å². The molecule has 0 fully saturated rings. The third-order valence-electron chi connectivity index (χ3n) is 5.01. The normalized spacial score (nSPS) is 23.1. The maximum atomic E-state index is 13.0. The van der Waals surface area contributed by atoms with E-state index in [2.05, 4.69) is 13.8 Å². The van der Waals surface area contributed by atoms with Crippen LogP contribution in [0.3, 0.4) is 0 Å². The number of hydrogen-bond acceptors (Lipinski definition) is 4. The average molecular weight is 342 g/mol. The van der Waals surface area contributed by atoms with Crippen molar-refractivity contribution in [3.63, 3.8) is 0 Å². The topological polar surface area (TPSA) is 49.9 Å². The number of carbonyl (C=O) groups excluding carboxylic acids is 2. The van der Waals surface area contributed by atoms with Crippen LogP contribution in [0.2, 0.25) is 0 Å². The summed E-state index contributed by atoms with van der Waals surface area (Å²) < 4.78 is 5.32. The Morgan fingerprint density at radius 2 is 1.92 bits per heavy atom. The lowest BCUT2D eigenvalue weighted by Gasteiger charge is -2.44. The van der Waals surface area contributed by atoms with Gasteiger partial charge in [-0.3, -0.25) is 9.59 Å². The zero-order chi connectivity index (χ0) is 18.4. The third kappa shape index (κ3) is 3.21. The molecule has 0 saturated heterocycles. The molecule has 5 heteroatoms. The van der Waals surface area contributed by atoms with Crippen LogP contribution in [-0.2, 0) is 9.59 Å². The van der Waals surface area contributed by atoms with Gasteiger partial charge in [0.25, 0.3) is 0 Å². The summed E-state index contributed by atoms with van der Waals surface area (Å²) in [5.41, 5.74) is 2.48. The summed E-state index contributed by atoms with van der Waals surface area (Å²) in [6.07, 6.45) is 1.54. The van der Waals surface area contributed by atoms with E-state index in [1.165, 1.54) is 0 Å². The molecule has 25 heavy (non-hydrogen) atoms. The molecule has 3 rings (SSSR count). The lowest BCUT2D eigenvalue weighted by molar-refractivity contribution is -0.143. The van der Waals surface area contributed by atoms with Gasteiger partial charge < -0.3 is 4.74 Å². The van der Waals surface area contributed by atoms with Crippen LogP contribution < -0.4 is 4.74 Å². The van der Waals surface area contributed by atoms with E-state index in [9.17, 15) is 9.59 Å². The highest BCUT2D eigenvalue weighted by Crippen LogP contribution is 2.47. The Labute approximate surface area is 149 Å². The largest absolute Gasteiger partial charge is 0.497 e. The molecule has 1 aliphatic carbocycles. The van der Waals surface area contributed by atoms with Gasteiger partial charge >= 0.3 is 0 Å². The fourth-order valence-corrected chi connectivity index (χ4v) is 4.01. The summed E-state index contributed by atoms with van der Waals surface area (Å²) >= 11 is 0. The average Bonchev–Trinajstić information content (AvgIpc) is 2.52.